The fourth-order valence-corrected chi connectivity index (χ4v) is 2.03. The fraction of sp³-hybridized carbons (Fsp3) is 0.444. The van der Waals surface area contributed by atoms with Crippen molar-refractivity contribution in [3.05, 3.63) is 17.4 Å². The van der Waals surface area contributed by atoms with Crippen LogP contribution in [0, 0.1) is 0 Å². The van der Waals surface area contributed by atoms with Crippen LogP contribution in [-0.4, -0.2) is 33.3 Å². The van der Waals surface area contributed by atoms with Crippen molar-refractivity contribution in [1.29, 1.82) is 0 Å². The molecule has 6 heteroatoms. The van der Waals surface area contributed by atoms with Crippen molar-refractivity contribution >= 4 is 11.3 Å². The number of thiazole rings is 1. The highest BCUT2D eigenvalue weighted by Gasteiger charge is 2.06. The summed E-state index contributed by atoms with van der Waals surface area (Å²) in [6.45, 7) is 4.07. The lowest BCUT2D eigenvalue weighted by atomic mass is 10.3. The highest BCUT2D eigenvalue weighted by molar-refractivity contribution is 7.13. The first-order valence-electron chi connectivity index (χ1n) is 4.91. The minimum absolute atomic E-state index is 0.745. The quantitative estimate of drug-likeness (QED) is 0.744. The molecule has 2 aromatic rings. The van der Waals surface area contributed by atoms with Crippen LogP contribution in [0.1, 0.15) is 12.6 Å². The van der Waals surface area contributed by atoms with Crippen molar-refractivity contribution < 1.29 is 0 Å². The molecule has 0 aliphatic rings. The lowest BCUT2D eigenvalue weighted by Crippen LogP contribution is -2.16. The maximum Gasteiger partial charge on any atom is 0.184 e. The molecule has 0 spiro atoms. The Morgan fingerprint density at radius 1 is 1.53 bits per heavy atom. The Morgan fingerprint density at radius 3 is 3.20 bits per heavy atom. The van der Waals surface area contributed by atoms with Crippen molar-refractivity contribution in [3.8, 4) is 10.8 Å². The third kappa shape index (κ3) is 2.60. The summed E-state index contributed by atoms with van der Waals surface area (Å²) in [7, 11) is 0. The van der Waals surface area contributed by atoms with Gasteiger partial charge in [0.1, 0.15) is 6.33 Å². The zero-order chi connectivity index (χ0) is 10.5. The molecule has 2 heterocycles. The molecule has 0 unspecified atom stereocenters. The second kappa shape index (κ2) is 4.99. The standard InChI is InChI=1S/C9H13N5S/c1-2-10-4-3-7-5-15-9(13-7)8-11-6-12-14-8/h5-6,10H,2-4H2,1H3,(H,11,12,14). The Bertz CT molecular complexity index is 394. The molecule has 0 aliphatic heterocycles. The molecular formula is C9H13N5S. The molecule has 0 aliphatic carbocycles. The molecule has 15 heavy (non-hydrogen) atoms. The summed E-state index contributed by atoms with van der Waals surface area (Å²) in [5.74, 6) is 0.745. The summed E-state index contributed by atoms with van der Waals surface area (Å²) in [4.78, 5) is 8.53. The number of rotatable bonds is 5. The molecule has 0 amide bonds. The minimum Gasteiger partial charge on any atom is -0.317 e. The molecule has 2 aromatic heterocycles. The van der Waals surface area contributed by atoms with Gasteiger partial charge in [-0.25, -0.2) is 9.97 Å². The van der Waals surface area contributed by atoms with Gasteiger partial charge in [-0.15, -0.1) is 11.3 Å². The van der Waals surface area contributed by atoms with E-state index in [0.29, 0.717) is 0 Å². The van der Waals surface area contributed by atoms with Gasteiger partial charge in [-0.3, -0.25) is 5.10 Å². The van der Waals surface area contributed by atoms with E-state index in [2.05, 4.69) is 37.8 Å². The molecule has 80 valence electrons. The number of hydrogen-bond acceptors (Lipinski definition) is 5. The van der Waals surface area contributed by atoms with E-state index in [0.717, 1.165) is 36.0 Å². The monoisotopic (exact) mass is 223 g/mol. The summed E-state index contributed by atoms with van der Waals surface area (Å²) >= 11 is 1.59. The van der Waals surface area contributed by atoms with Crippen LogP contribution in [0.2, 0.25) is 0 Å². The maximum atomic E-state index is 4.47. The first kappa shape index (κ1) is 10.3. The van der Waals surface area contributed by atoms with Gasteiger partial charge >= 0.3 is 0 Å². The van der Waals surface area contributed by atoms with Crippen molar-refractivity contribution in [2.45, 2.75) is 13.3 Å². The zero-order valence-corrected chi connectivity index (χ0v) is 9.34. The molecule has 0 atom stereocenters. The fourth-order valence-electron chi connectivity index (χ4n) is 1.23. The predicted octanol–water partition coefficient (Wildman–Crippen LogP) is 1.08. The van der Waals surface area contributed by atoms with Gasteiger partial charge in [-0.2, -0.15) is 5.10 Å². The first-order chi connectivity index (χ1) is 7.40. The largest absolute Gasteiger partial charge is 0.317 e. The van der Waals surface area contributed by atoms with Crippen molar-refractivity contribution in [2.75, 3.05) is 13.1 Å². The minimum atomic E-state index is 0.745. The molecule has 5 nitrogen and oxygen atoms in total. The number of H-pyrrole nitrogens is 1. The van der Waals surface area contributed by atoms with Crippen LogP contribution in [0.3, 0.4) is 0 Å². The van der Waals surface area contributed by atoms with Gasteiger partial charge in [0.15, 0.2) is 10.8 Å². The molecule has 0 bridgehead atoms. The second-order valence-electron chi connectivity index (χ2n) is 3.08. The Labute approximate surface area is 92.0 Å². The molecule has 2 N–H and O–H groups in total. The number of hydrogen-bond donors (Lipinski definition) is 2. The normalized spacial score (nSPS) is 10.7. The third-order valence-corrected chi connectivity index (χ3v) is 2.88. The van der Waals surface area contributed by atoms with Gasteiger partial charge in [0, 0.05) is 18.3 Å². The van der Waals surface area contributed by atoms with Crippen LogP contribution >= 0.6 is 11.3 Å². The van der Waals surface area contributed by atoms with E-state index in [9.17, 15) is 0 Å². The molecule has 0 aromatic carbocycles. The third-order valence-electron chi connectivity index (χ3n) is 1.98. The molecule has 0 radical (unpaired) electrons. The van der Waals surface area contributed by atoms with Crippen LogP contribution in [-0.2, 0) is 6.42 Å². The van der Waals surface area contributed by atoms with Gasteiger partial charge < -0.3 is 5.32 Å². The topological polar surface area (TPSA) is 66.5 Å². The molecule has 0 fully saturated rings. The van der Waals surface area contributed by atoms with E-state index in [1.54, 1.807) is 11.3 Å². The van der Waals surface area contributed by atoms with Gasteiger partial charge in [-0.05, 0) is 6.54 Å². The van der Waals surface area contributed by atoms with Gasteiger partial charge in [-0.1, -0.05) is 6.92 Å². The number of nitrogens with zero attached hydrogens (tertiary/aromatic N) is 3. The van der Waals surface area contributed by atoms with E-state index < -0.39 is 0 Å². The van der Waals surface area contributed by atoms with Gasteiger partial charge in [0.25, 0.3) is 0 Å². The lowest BCUT2D eigenvalue weighted by Gasteiger charge is -1.96. The van der Waals surface area contributed by atoms with Crippen molar-refractivity contribution in [1.82, 2.24) is 25.5 Å². The SMILES string of the molecule is CCNCCc1csc(-c2ncn[nH]2)n1. The molecular weight excluding hydrogens is 210 g/mol. The van der Waals surface area contributed by atoms with Crippen LogP contribution < -0.4 is 5.32 Å². The van der Waals surface area contributed by atoms with Crippen molar-refractivity contribution in [2.24, 2.45) is 0 Å². The second-order valence-corrected chi connectivity index (χ2v) is 3.94. The average Bonchev–Trinajstić information content (AvgIpc) is 2.87. The van der Waals surface area contributed by atoms with Crippen LogP contribution in [0.4, 0.5) is 0 Å². The zero-order valence-electron chi connectivity index (χ0n) is 8.53. The van der Waals surface area contributed by atoms with Crippen LogP contribution in [0.15, 0.2) is 11.7 Å². The Balaban J connectivity index is 1.98. The number of nitrogens with one attached hydrogen (secondary N) is 2. The highest BCUT2D eigenvalue weighted by Crippen LogP contribution is 2.19. The first-order valence-corrected chi connectivity index (χ1v) is 5.79. The molecule has 2 rings (SSSR count). The highest BCUT2D eigenvalue weighted by atomic mass is 32.1. The van der Waals surface area contributed by atoms with Gasteiger partial charge in [0.2, 0.25) is 0 Å². The number of aromatic nitrogens is 4. The summed E-state index contributed by atoms with van der Waals surface area (Å²) in [5, 5.41) is 12.8. The van der Waals surface area contributed by atoms with E-state index in [-0.39, 0.29) is 0 Å². The Kier molecular flexibility index (Phi) is 3.41. The lowest BCUT2D eigenvalue weighted by molar-refractivity contribution is 0.710. The smallest absolute Gasteiger partial charge is 0.184 e. The maximum absolute atomic E-state index is 4.47. The van der Waals surface area contributed by atoms with Crippen LogP contribution in [0.5, 0.6) is 0 Å². The summed E-state index contributed by atoms with van der Waals surface area (Å²) < 4.78 is 0. The summed E-state index contributed by atoms with van der Waals surface area (Å²) in [6.07, 6.45) is 2.45. The Morgan fingerprint density at radius 2 is 2.47 bits per heavy atom. The Hall–Kier alpha value is -1.27. The average molecular weight is 223 g/mol. The van der Waals surface area contributed by atoms with Gasteiger partial charge in [0.05, 0.1) is 5.69 Å². The van der Waals surface area contributed by atoms with E-state index in [1.807, 2.05) is 0 Å². The number of aromatic amines is 1. The summed E-state index contributed by atoms with van der Waals surface area (Å²) in [6, 6.07) is 0. The van der Waals surface area contributed by atoms with E-state index >= 15 is 0 Å². The summed E-state index contributed by atoms with van der Waals surface area (Å²) in [5.41, 5.74) is 1.10. The van der Waals surface area contributed by atoms with Crippen LogP contribution in [0.25, 0.3) is 10.8 Å². The molecule has 0 saturated carbocycles. The van der Waals surface area contributed by atoms with E-state index in [1.165, 1.54) is 6.33 Å². The van der Waals surface area contributed by atoms with Crippen molar-refractivity contribution in [3.63, 3.8) is 0 Å². The predicted molar refractivity (Wildman–Crippen MR) is 59.7 cm³/mol. The van der Waals surface area contributed by atoms with E-state index in [4.69, 9.17) is 0 Å². The molecule has 0 saturated heterocycles. The number of likely N-dealkylation sites (N-methyl/N-ethyl adjacent to an activating group) is 1.